The van der Waals surface area contributed by atoms with Gasteiger partial charge in [-0.15, -0.1) is 0 Å². The van der Waals surface area contributed by atoms with Crippen LogP contribution >= 0.6 is 0 Å². The van der Waals surface area contributed by atoms with Gasteiger partial charge in [-0.05, 0) is 123 Å². The molecule has 2 saturated carbocycles. The Labute approximate surface area is 207 Å². The largest absolute Gasteiger partial charge is 0.508 e. The van der Waals surface area contributed by atoms with Gasteiger partial charge in [0.05, 0.1) is 11.0 Å². The van der Waals surface area contributed by atoms with Crippen LogP contribution in [-0.2, 0) is 34.5 Å². The summed E-state index contributed by atoms with van der Waals surface area (Å²) < 4.78 is 0. The molecule has 184 valence electrons. The monoisotopic (exact) mass is 472 g/mol. The molecule has 0 radical (unpaired) electrons. The van der Waals surface area contributed by atoms with Crippen molar-refractivity contribution in [1.82, 2.24) is 0 Å². The smallest absolute Gasteiger partial charge is 0.144 e. The number of carbonyl (C=O) groups excluding carboxylic acids is 2. The molecule has 4 nitrogen and oxygen atoms in total. The van der Waals surface area contributed by atoms with Gasteiger partial charge in [-0.25, -0.2) is 0 Å². The number of aliphatic hydroxyl groups is 1. The zero-order chi connectivity index (χ0) is 24.8. The number of aromatic hydroxyl groups is 1. The van der Waals surface area contributed by atoms with Gasteiger partial charge < -0.3 is 10.2 Å². The van der Waals surface area contributed by atoms with E-state index in [4.69, 9.17) is 0 Å². The van der Waals surface area contributed by atoms with Gasteiger partial charge in [-0.1, -0.05) is 31.2 Å². The van der Waals surface area contributed by atoms with Gasteiger partial charge in [-0.3, -0.25) is 9.59 Å². The summed E-state index contributed by atoms with van der Waals surface area (Å²) in [5, 5.41) is 22.3. The van der Waals surface area contributed by atoms with Gasteiger partial charge in [0.2, 0.25) is 0 Å². The number of phenols is 1. The molecule has 6 rings (SSSR count). The van der Waals surface area contributed by atoms with Crippen molar-refractivity contribution in [1.29, 1.82) is 0 Å². The maximum absolute atomic E-state index is 12.5. The van der Waals surface area contributed by atoms with E-state index in [1.807, 2.05) is 12.1 Å². The second-order valence-electron chi connectivity index (χ2n) is 12.2. The molecule has 0 spiro atoms. The highest BCUT2D eigenvalue weighted by molar-refractivity contribution is 6.06. The maximum Gasteiger partial charge on any atom is 0.144 e. The number of rotatable bonds is 3. The van der Waals surface area contributed by atoms with E-state index in [0.29, 0.717) is 36.3 Å². The number of benzene rings is 2. The molecule has 4 heteroatoms. The van der Waals surface area contributed by atoms with E-state index in [0.717, 1.165) is 55.2 Å². The number of carbonyl (C=O) groups is 2. The van der Waals surface area contributed by atoms with Crippen molar-refractivity contribution in [2.45, 2.75) is 83.7 Å². The van der Waals surface area contributed by atoms with Crippen molar-refractivity contribution in [3.63, 3.8) is 0 Å². The molecule has 2 aromatic carbocycles. The molecule has 0 saturated heterocycles. The number of phenolic OH excluding ortho intramolecular Hbond substituents is 1. The van der Waals surface area contributed by atoms with E-state index < -0.39 is 11.0 Å². The molecule has 0 aliphatic heterocycles. The molecule has 5 atom stereocenters. The average molecular weight is 473 g/mol. The van der Waals surface area contributed by atoms with Gasteiger partial charge >= 0.3 is 0 Å². The third-order valence-corrected chi connectivity index (χ3v) is 10.9. The Hall–Kier alpha value is -2.46. The van der Waals surface area contributed by atoms with Crippen LogP contribution in [0.15, 0.2) is 36.4 Å². The van der Waals surface area contributed by atoms with E-state index in [9.17, 15) is 19.8 Å². The number of fused-ring (bicyclic) bond motifs is 6. The third-order valence-electron chi connectivity index (χ3n) is 10.9. The molecule has 2 N–H and O–H groups in total. The van der Waals surface area contributed by atoms with Crippen LogP contribution in [0.2, 0.25) is 0 Å². The second kappa shape index (κ2) is 7.52. The van der Waals surface area contributed by atoms with Gasteiger partial charge in [-0.2, -0.15) is 0 Å². The summed E-state index contributed by atoms with van der Waals surface area (Å²) in [5.74, 6) is 1.75. The van der Waals surface area contributed by atoms with Crippen LogP contribution in [0.1, 0.15) is 86.6 Å². The first-order chi connectivity index (χ1) is 16.6. The summed E-state index contributed by atoms with van der Waals surface area (Å²) in [6, 6.07) is 12.1. The summed E-state index contributed by atoms with van der Waals surface area (Å²) in [7, 11) is 0. The first-order valence-electron chi connectivity index (χ1n) is 13.3. The van der Waals surface area contributed by atoms with Gasteiger partial charge in [0.25, 0.3) is 0 Å². The van der Waals surface area contributed by atoms with Gasteiger partial charge in [0, 0.05) is 5.41 Å². The molecule has 0 unspecified atom stereocenters. The van der Waals surface area contributed by atoms with Crippen LogP contribution in [0.5, 0.6) is 5.75 Å². The lowest BCUT2D eigenvalue weighted by molar-refractivity contribution is -0.137. The number of aryl methyl sites for hydroxylation is 1. The second-order valence-corrected chi connectivity index (χ2v) is 12.2. The number of hydrogen-bond acceptors (Lipinski definition) is 4. The lowest BCUT2D eigenvalue weighted by atomic mass is 9.52. The minimum absolute atomic E-state index is 0.0569. The Morgan fingerprint density at radius 1 is 0.886 bits per heavy atom. The zero-order valence-electron chi connectivity index (χ0n) is 21.1. The first kappa shape index (κ1) is 23.0. The molecule has 4 aliphatic carbocycles. The number of hydrogen-bond donors (Lipinski definition) is 2. The van der Waals surface area contributed by atoms with Crippen LogP contribution in [-0.4, -0.2) is 21.8 Å². The van der Waals surface area contributed by atoms with E-state index in [-0.39, 0.29) is 17.0 Å². The molecule has 35 heavy (non-hydrogen) atoms. The molecular weight excluding hydrogens is 436 g/mol. The lowest BCUT2D eigenvalue weighted by Crippen LogP contribution is -2.49. The quantitative estimate of drug-likeness (QED) is 0.587. The number of ketones is 2. The molecule has 0 heterocycles. The van der Waals surface area contributed by atoms with E-state index >= 15 is 0 Å². The predicted octanol–water partition coefficient (Wildman–Crippen LogP) is 5.40. The highest BCUT2D eigenvalue weighted by atomic mass is 16.3. The fraction of sp³-hybridized carbons (Fsp3) is 0.548. The van der Waals surface area contributed by atoms with Crippen molar-refractivity contribution in [3.8, 4) is 5.75 Å². The van der Waals surface area contributed by atoms with Crippen molar-refractivity contribution in [3.05, 3.63) is 64.2 Å². The Bertz CT molecular complexity index is 1230. The zero-order valence-corrected chi connectivity index (χ0v) is 21.1. The minimum atomic E-state index is -0.937. The molecule has 0 bridgehead atoms. The predicted molar refractivity (Wildman–Crippen MR) is 134 cm³/mol. The summed E-state index contributed by atoms with van der Waals surface area (Å²) in [4.78, 5) is 25.0. The van der Waals surface area contributed by atoms with Crippen LogP contribution in [0, 0.1) is 22.7 Å². The van der Waals surface area contributed by atoms with Crippen LogP contribution in [0.3, 0.4) is 0 Å². The van der Waals surface area contributed by atoms with Crippen LogP contribution < -0.4 is 0 Å². The standard InChI is InChI=1S/C31H36O4/c1-18(32)30(19(2)33)16-21-4-6-23(14-22(21)17-30)31(35)13-11-28-27-8-5-20-15-24(34)7-9-25(20)26(27)10-12-29(28,31)3/h4,6-7,9,14-15,26-28,34-35H,5,8,10-13,16-17H2,1-3H3/t26-,27-,28+,29+,31-/m1/s1. The van der Waals surface area contributed by atoms with E-state index in [1.54, 1.807) is 0 Å². The fourth-order valence-corrected chi connectivity index (χ4v) is 8.74. The highest BCUT2D eigenvalue weighted by Gasteiger charge is 2.62. The summed E-state index contributed by atoms with van der Waals surface area (Å²) in [5.41, 5.74) is 3.74. The van der Waals surface area contributed by atoms with Crippen molar-refractivity contribution in [2.24, 2.45) is 22.7 Å². The van der Waals surface area contributed by atoms with Crippen molar-refractivity contribution in [2.75, 3.05) is 0 Å². The third kappa shape index (κ3) is 3.02. The number of Topliss-reactive ketones (excluding diaryl/α,β-unsaturated/α-hetero) is 2. The Morgan fingerprint density at radius 3 is 2.37 bits per heavy atom. The molecular formula is C31H36O4. The topological polar surface area (TPSA) is 74.6 Å². The highest BCUT2D eigenvalue weighted by Crippen LogP contribution is 2.67. The van der Waals surface area contributed by atoms with Crippen LogP contribution in [0.4, 0.5) is 0 Å². The van der Waals surface area contributed by atoms with Crippen molar-refractivity contribution >= 4 is 11.6 Å². The molecule has 2 fully saturated rings. The molecule has 4 aliphatic rings. The average Bonchev–Trinajstić information content (AvgIpc) is 3.35. The van der Waals surface area contributed by atoms with E-state index in [2.05, 4.69) is 31.2 Å². The Morgan fingerprint density at radius 2 is 1.63 bits per heavy atom. The SMILES string of the molecule is CC(=O)C1(C(C)=O)Cc2ccc([C@]3(O)CC[C@H]4[C@@H]5CCc6cc(O)ccc6[C@H]5CC[C@@]43C)cc2C1. The summed E-state index contributed by atoms with van der Waals surface area (Å²) >= 11 is 0. The normalized spacial score (nSPS) is 34.5. The Balaban J connectivity index is 1.33. The summed E-state index contributed by atoms with van der Waals surface area (Å²) in [6.07, 6.45) is 6.83. The minimum Gasteiger partial charge on any atom is -0.508 e. The Kier molecular flexibility index (Phi) is 4.94. The van der Waals surface area contributed by atoms with Gasteiger partial charge in [0.1, 0.15) is 17.3 Å². The first-order valence-corrected chi connectivity index (χ1v) is 13.3. The lowest BCUT2D eigenvalue weighted by Gasteiger charge is -2.53. The molecule has 0 amide bonds. The van der Waals surface area contributed by atoms with Crippen molar-refractivity contribution < 1.29 is 19.8 Å². The van der Waals surface area contributed by atoms with E-state index in [1.165, 1.54) is 25.0 Å². The molecule has 0 aromatic heterocycles. The van der Waals surface area contributed by atoms with Crippen LogP contribution in [0.25, 0.3) is 0 Å². The fourth-order valence-electron chi connectivity index (χ4n) is 8.74. The van der Waals surface area contributed by atoms with Gasteiger partial charge in [0.15, 0.2) is 0 Å². The maximum atomic E-state index is 12.5. The summed E-state index contributed by atoms with van der Waals surface area (Å²) in [6.45, 7) is 5.37. The molecule has 2 aromatic rings.